The van der Waals surface area contributed by atoms with Crippen molar-refractivity contribution in [1.29, 1.82) is 0 Å². The minimum Gasteiger partial charge on any atom is -0.384 e. The van der Waals surface area contributed by atoms with Gasteiger partial charge in [0.1, 0.15) is 0 Å². The zero-order chi connectivity index (χ0) is 6.53. The SMILES string of the molecule is COC[C@@H]1CCCNC1.Cl. The van der Waals surface area contributed by atoms with Crippen molar-refractivity contribution < 1.29 is 4.74 Å². The fourth-order valence-corrected chi connectivity index (χ4v) is 1.30. The van der Waals surface area contributed by atoms with Crippen molar-refractivity contribution in [2.45, 2.75) is 12.8 Å². The molecule has 0 saturated carbocycles. The molecule has 1 aliphatic heterocycles. The third-order valence-electron chi connectivity index (χ3n) is 1.80. The molecule has 0 aromatic heterocycles. The molecule has 10 heavy (non-hydrogen) atoms. The third-order valence-corrected chi connectivity index (χ3v) is 1.80. The molecule has 1 rings (SSSR count). The number of hydrogen-bond acceptors (Lipinski definition) is 2. The molecule has 0 radical (unpaired) electrons. The van der Waals surface area contributed by atoms with Crippen LogP contribution in [0.5, 0.6) is 0 Å². The molecule has 62 valence electrons. The van der Waals surface area contributed by atoms with Gasteiger partial charge in [-0.2, -0.15) is 0 Å². The highest BCUT2D eigenvalue weighted by atomic mass is 35.5. The summed E-state index contributed by atoms with van der Waals surface area (Å²) in [6, 6.07) is 0. The van der Waals surface area contributed by atoms with E-state index in [-0.39, 0.29) is 12.4 Å². The Hall–Kier alpha value is 0.210. The van der Waals surface area contributed by atoms with Crippen LogP contribution in [0.15, 0.2) is 0 Å². The van der Waals surface area contributed by atoms with E-state index in [9.17, 15) is 0 Å². The molecule has 2 nitrogen and oxygen atoms in total. The predicted octanol–water partition coefficient (Wildman–Crippen LogP) is 1.05. The minimum absolute atomic E-state index is 0. The van der Waals surface area contributed by atoms with Gasteiger partial charge in [0, 0.05) is 13.7 Å². The molecule has 0 aromatic carbocycles. The first-order chi connectivity index (χ1) is 4.43. The maximum Gasteiger partial charge on any atom is 0.0502 e. The summed E-state index contributed by atoms with van der Waals surface area (Å²) >= 11 is 0. The molecule has 0 amide bonds. The van der Waals surface area contributed by atoms with Gasteiger partial charge in [0.25, 0.3) is 0 Å². The fraction of sp³-hybridized carbons (Fsp3) is 1.00. The summed E-state index contributed by atoms with van der Waals surface area (Å²) in [5, 5.41) is 3.34. The Balaban J connectivity index is 0.000000810. The second-order valence-electron chi connectivity index (χ2n) is 2.67. The quantitative estimate of drug-likeness (QED) is 0.661. The standard InChI is InChI=1S/C7H15NO.ClH/c1-9-6-7-3-2-4-8-5-7;/h7-8H,2-6H2,1H3;1H/t7-;/m1./s1. The van der Waals surface area contributed by atoms with Crippen molar-refractivity contribution in [3.8, 4) is 0 Å². The summed E-state index contributed by atoms with van der Waals surface area (Å²) in [5.41, 5.74) is 0. The Morgan fingerprint density at radius 1 is 1.60 bits per heavy atom. The summed E-state index contributed by atoms with van der Waals surface area (Å²) in [6.45, 7) is 3.26. The Labute approximate surface area is 68.7 Å². The van der Waals surface area contributed by atoms with E-state index in [4.69, 9.17) is 4.74 Å². The highest BCUT2D eigenvalue weighted by Crippen LogP contribution is 2.08. The molecule has 0 aromatic rings. The molecule has 1 atom stereocenters. The minimum atomic E-state index is 0. The number of rotatable bonds is 2. The number of methoxy groups -OCH3 is 1. The van der Waals surface area contributed by atoms with Gasteiger partial charge in [-0.25, -0.2) is 0 Å². The Kier molecular flexibility index (Phi) is 6.08. The van der Waals surface area contributed by atoms with E-state index in [2.05, 4.69) is 5.32 Å². The molecule has 0 unspecified atom stereocenters. The molecule has 0 aliphatic carbocycles. The maximum atomic E-state index is 5.04. The molecular formula is C7H16ClNO. The van der Waals surface area contributed by atoms with E-state index in [0.29, 0.717) is 0 Å². The van der Waals surface area contributed by atoms with Crippen LogP contribution in [0.1, 0.15) is 12.8 Å². The number of piperidine rings is 1. The second kappa shape index (κ2) is 5.96. The lowest BCUT2D eigenvalue weighted by Crippen LogP contribution is -2.31. The van der Waals surface area contributed by atoms with Crippen LogP contribution >= 0.6 is 12.4 Å². The van der Waals surface area contributed by atoms with Crippen LogP contribution in [0.25, 0.3) is 0 Å². The van der Waals surface area contributed by atoms with Crippen LogP contribution in [-0.4, -0.2) is 26.8 Å². The van der Waals surface area contributed by atoms with Crippen molar-refractivity contribution in [2.75, 3.05) is 26.8 Å². The first kappa shape index (κ1) is 10.2. The second-order valence-corrected chi connectivity index (χ2v) is 2.67. The average molecular weight is 166 g/mol. The van der Waals surface area contributed by atoms with E-state index in [1.165, 1.54) is 19.4 Å². The van der Waals surface area contributed by atoms with Crippen LogP contribution < -0.4 is 5.32 Å². The zero-order valence-corrected chi connectivity index (χ0v) is 7.25. The molecule has 1 aliphatic rings. The smallest absolute Gasteiger partial charge is 0.0502 e. The summed E-state index contributed by atoms with van der Waals surface area (Å²) in [4.78, 5) is 0. The first-order valence-corrected chi connectivity index (χ1v) is 3.63. The lowest BCUT2D eigenvalue weighted by atomic mass is 10.0. The normalized spacial score (nSPS) is 25.5. The fourth-order valence-electron chi connectivity index (χ4n) is 1.30. The number of ether oxygens (including phenoxy) is 1. The van der Waals surface area contributed by atoms with Crippen molar-refractivity contribution in [1.82, 2.24) is 5.32 Å². The molecule has 1 heterocycles. The Bertz CT molecular complexity index is 71.3. The van der Waals surface area contributed by atoms with Gasteiger partial charge in [-0.05, 0) is 25.3 Å². The molecular weight excluding hydrogens is 150 g/mol. The van der Waals surface area contributed by atoms with Crippen LogP contribution in [0.4, 0.5) is 0 Å². The van der Waals surface area contributed by atoms with E-state index in [0.717, 1.165) is 19.1 Å². The topological polar surface area (TPSA) is 21.3 Å². The average Bonchev–Trinajstić information content (AvgIpc) is 1.91. The lowest BCUT2D eigenvalue weighted by Gasteiger charge is -2.21. The van der Waals surface area contributed by atoms with Gasteiger partial charge in [-0.3, -0.25) is 0 Å². The van der Waals surface area contributed by atoms with Crippen molar-refractivity contribution in [3.63, 3.8) is 0 Å². The first-order valence-electron chi connectivity index (χ1n) is 3.63. The van der Waals surface area contributed by atoms with E-state index in [1.807, 2.05) is 0 Å². The van der Waals surface area contributed by atoms with Gasteiger partial charge in [-0.1, -0.05) is 0 Å². The molecule has 1 fully saturated rings. The molecule has 1 saturated heterocycles. The van der Waals surface area contributed by atoms with Gasteiger partial charge in [0.15, 0.2) is 0 Å². The largest absolute Gasteiger partial charge is 0.384 e. The van der Waals surface area contributed by atoms with Crippen LogP contribution in [-0.2, 0) is 4.74 Å². The number of halogens is 1. The summed E-state index contributed by atoms with van der Waals surface area (Å²) in [6.07, 6.45) is 2.65. The van der Waals surface area contributed by atoms with Crippen molar-refractivity contribution >= 4 is 12.4 Å². The van der Waals surface area contributed by atoms with E-state index >= 15 is 0 Å². The van der Waals surface area contributed by atoms with Gasteiger partial charge < -0.3 is 10.1 Å². The van der Waals surface area contributed by atoms with Crippen LogP contribution in [0.2, 0.25) is 0 Å². The number of hydrogen-bond donors (Lipinski definition) is 1. The van der Waals surface area contributed by atoms with Gasteiger partial charge >= 0.3 is 0 Å². The number of nitrogens with one attached hydrogen (secondary N) is 1. The van der Waals surface area contributed by atoms with Crippen LogP contribution in [0.3, 0.4) is 0 Å². The lowest BCUT2D eigenvalue weighted by molar-refractivity contribution is 0.137. The maximum absolute atomic E-state index is 5.04. The van der Waals surface area contributed by atoms with Crippen LogP contribution in [0, 0.1) is 5.92 Å². The summed E-state index contributed by atoms with van der Waals surface area (Å²) < 4.78 is 5.04. The highest BCUT2D eigenvalue weighted by Gasteiger charge is 2.11. The third kappa shape index (κ3) is 3.40. The van der Waals surface area contributed by atoms with Gasteiger partial charge in [-0.15, -0.1) is 12.4 Å². The monoisotopic (exact) mass is 165 g/mol. The molecule has 1 N–H and O–H groups in total. The van der Waals surface area contributed by atoms with Crippen molar-refractivity contribution in [2.24, 2.45) is 5.92 Å². The predicted molar refractivity (Wildman–Crippen MR) is 44.7 cm³/mol. The van der Waals surface area contributed by atoms with Gasteiger partial charge in [0.2, 0.25) is 0 Å². The van der Waals surface area contributed by atoms with E-state index < -0.39 is 0 Å². The van der Waals surface area contributed by atoms with Crippen molar-refractivity contribution in [3.05, 3.63) is 0 Å². The zero-order valence-electron chi connectivity index (χ0n) is 6.43. The Morgan fingerprint density at radius 3 is 2.90 bits per heavy atom. The summed E-state index contributed by atoms with van der Waals surface area (Å²) in [7, 11) is 1.77. The van der Waals surface area contributed by atoms with Gasteiger partial charge in [0.05, 0.1) is 6.61 Å². The molecule has 3 heteroatoms. The highest BCUT2D eigenvalue weighted by molar-refractivity contribution is 5.85. The molecule has 0 bridgehead atoms. The summed E-state index contributed by atoms with van der Waals surface area (Å²) in [5.74, 6) is 0.767. The molecule has 0 spiro atoms. The Morgan fingerprint density at radius 2 is 2.40 bits per heavy atom. The van der Waals surface area contributed by atoms with E-state index in [1.54, 1.807) is 7.11 Å².